The molecule has 0 spiro atoms. The van der Waals surface area contributed by atoms with Gasteiger partial charge in [-0.05, 0) is 66.9 Å². The number of hydrogen-bond acceptors (Lipinski definition) is 3. The van der Waals surface area contributed by atoms with Crippen molar-refractivity contribution < 1.29 is 4.74 Å². The van der Waals surface area contributed by atoms with E-state index in [2.05, 4.69) is 55.0 Å². The monoisotopic (exact) mass is 287 g/mol. The van der Waals surface area contributed by atoms with Crippen LogP contribution in [0.2, 0.25) is 0 Å². The number of nitrogens with one attached hydrogen (secondary N) is 1. The Morgan fingerprint density at radius 1 is 1.30 bits per heavy atom. The van der Waals surface area contributed by atoms with E-state index in [1.54, 1.807) is 11.3 Å². The Morgan fingerprint density at radius 3 is 2.75 bits per heavy atom. The van der Waals surface area contributed by atoms with Crippen LogP contribution in [-0.2, 0) is 6.42 Å². The molecule has 1 atom stereocenters. The first kappa shape index (κ1) is 13.7. The SMILES string of the molecule is CNC(c1ccc2c(c1)CC(C)(C)O2)c1cscc1C. The summed E-state index contributed by atoms with van der Waals surface area (Å²) in [5, 5.41) is 7.89. The topological polar surface area (TPSA) is 21.3 Å². The Balaban J connectivity index is 1.97. The summed E-state index contributed by atoms with van der Waals surface area (Å²) in [6.45, 7) is 6.46. The minimum absolute atomic E-state index is 0.0750. The summed E-state index contributed by atoms with van der Waals surface area (Å²) in [5.41, 5.74) is 5.28. The molecule has 1 aromatic heterocycles. The zero-order chi connectivity index (χ0) is 14.3. The molecule has 1 aromatic carbocycles. The molecule has 0 fully saturated rings. The highest BCUT2D eigenvalue weighted by molar-refractivity contribution is 7.08. The predicted molar refractivity (Wildman–Crippen MR) is 84.8 cm³/mol. The molecule has 0 bridgehead atoms. The Labute approximate surface area is 124 Å². The standard InChI is InChI=1S/C17H21NOS/c1-11-9-20-10-14(11)16(18-4)12-5-6-15-13(7-12)8-17(2,3)19-15/h5-7,9-10,16,18H,8H2,1-4H3. The number of hydrogen-bond donors (Lipinski definition) is 1. The van der Waals surface area contributed by atoms with Gasteiger partial charge in [0, 0.05) is 6.42 Å². The Kier molecular flexibility index (Phi) is 3.35. The van der Waals surface area contributed by atoms with E-state index >= 15 is 0 Å². The molecule has 2 nitrogen and oxygen atoms in total. The van der Waals surface area contributed by atoms with Crippen LogP contribution >= 0.6 is 11.3 Å². The molecule has 106 valence electrons. The second kappa shape index (κ2) is 4.90. The van der Waals surface area contributed by atoms with Gasteiger partial charge >= 0.3 is 0 Å². The van der Waals surface area contributed by atoms with Crippen LogP contribution in [0.25, 0.3) is 0 Å². The minimum Gasteiger partial charge on any atom is -0.487 e. The average Bonchev–Trinajstić information content (AvgIpc) is 2.92. The van der Waals surface area contributed by atoms with Gasteiger partial charge in [0.2, 0.25) is 0 Å². The predicted octanol–water partition coefficient (Wildman–Crippen LogP) is 4.08. The van der Waals surface area contributed by atoms with Gasteiger partial charge < -0.3 is 10.1 Å². The second-order valence-corrected chi connectivity index (χ2v) is 6.88. The smallest absolute Gasteiger partial charge is 0.123 e. The van der Waals surface area contributed by atoms with Crippen molar-refractivity contribution in [3.05, 3.63) is 51.2 Å². The Hall–Kier alpha value is -1.32. The third-order valence-electron chi connectivity index (χ3n) is 3.92. The van der Waals surface area contributed by atoms with Crippen molar-refractivity contribution in [1.82, 2.24) is 5.32 Å². The largest absolute Gasteiger partial charge is 0.487 e. The lowest BCUT2D eigenvalue weighted by Gasteiger charge is -2.18. The fraction of sp³-hybridized carbons (Fsp3) is 0.412. The zero-order valence-electron chi connectivity index (χ0n) is 12.5. The fourth-order valence-electron chi connectivity index (χ4n) is 2.98. The molecule has 0 saturated carbocycles. The average molecular weight is 287 g/mol. The highest BCUT2D eigenvalue weighted by Crippen LogP contribution is 2.37. The summed E-state index contributed by atoms with van der Waals surface area (Å²) in [6.07, 6.45) is 0.981. The molecule has 3 rings (SSSR count). The van der Waals surface area contributed by atoms with E-state index in [1.165, 1.54) is 22.3 Å². The van der Waals surface area contributed by atoms with Gasteiger partial charge in [0.05, 0.1) is 6.04 Å². The summed E-state index contributed by atoms with van der Waals surface area (Å²) in [6, 6.07) is 6.85. The van der Waals surface area contributed by atoms with E-state index in [4.69, 9.17) is 4.74 Å². The van der Waals surface area contributed by atoms with Gasteiger partial charge in [0.1, 0.15) is 11.4 Å². The van der Waals surface area contributed by atoms with Gasteiger partial charge in [-0.15, -0.1) is 0 Å². The first-order valence-electron chi connectivity index (χ1n) is 7.02. The van der Waals surface area contributed by atoms with Crippen molar-refractivity contribution in [2.75, 3.05) is 7.05 Å². The van der Waals surface area contributed by atoms with Crippen LogP contribution in [0.3, 0.4) is 0 Å². The van der Waals surface area contributed by atoms with Crippen molar-refractivity contribution in [1.29, 1.82) is 0 Å². The maximum Gasteiger partial charge on any atom is 0.123 e. The molecule has 0 amide bonds. The van der Waals surface area contributed by atoms with Crippen LogP contribution in [0, 0.1) is 6.92 Å². The van der Waals surface area contributed by atoms with Crippen molar-refractivity contribution in [2.24, 2.45) is 0 Å². The highest BCUT2D eigenvalue weighted by atomic mass is 32.1. The van der Waals surface area contributed by atoms with E-state index in [1.807, 2.05) is 7.05 Å². The molecule has 3 heteroatoms. The van der Waals surface area contributed by atoms with Crippen LogP contribution < -0.4 is 10.1 Å². The molecular weight excluding hydrogens is 266 g/mol. The van der Waals surface area contributed by atoms with Crippen LogP contribution in [0.4, 0.5) is 0 Å². The first-order chi connectivity index (χ1) is 9.50. The van der Waals surface area contributed by atoms with Gasteiger partial charge in [-0.3, -0.25) is 0 Å². The molecule has 0 radical (unpaired) electrons. The van der Waals surface area contributed by atoms with Gasteiger partial charge in [-0.2, -0.15) is 11.3 Å². The van der Waals surface area contributed by atoms with Gasteiger partial charge in [-0.25, -0.2) is 0 Å². The molecule has 0 aliphatic carbocycles. The van der Waals surface area contributed by atoms with Crippen molar-refractivity contribution in [3.8, 4) is 5.75 Å². The van der Waals surface area contributed by atoms with E-state index in [9.17, 15) is 0 Å². The van der Waals surface area contributed by atoms with Crippen LogP contribution in [-0.4, -0.2) is 12.6 Å². The van der Waals surface area contributed by atoms with Crippen molar-refractivity contribution >= 4 is 11.3 Å². The number of fused-ring (bicyclic) bond motifs is 1. The van der Waals surface area contributed by atoms with Crippen LogP contribution in [0.5, 0.6) is 5.75 Å². The molecule has 2 heterocycles. The normalized spacial score (nSPS) is 17.6. The van der Waals surface area contributed by atoms with E-state index in [-0.39, 0.29) is 11.6 Å². The van der Waals surface area contributed by atoms with Crippen LogP contribution in [0.1, 0.15) is 42.1 Å². The lowest BCUT2D eigenvalue weighted by Crippen LogP contribution is -2.24. The molecule has 2 aromatic rings. The number of rotatable bonds is 3. The fourth-order valence-corrected chi connectivity index (χ4v) is 3.85. The Morgan fingerprint density at radius 2 is 2.10 bits per heavy atom. The van der Waals surface area contributed by atoms with Crippen molar-refractivity contribution in [2.45, 2.75) is 38.8 Å². The van der Waals surface area contributed by atoms with Crippen molar-refractivity contribution in [3.63, 3.8) is 0 Å². The molecule has 1 aliphatic rings. The minimum atomic E-state index is -0.0750. The summed E-state index contributed by atoms with van der Waals surface area (Å²) in [7, 11) is 2.02. The molecule has 20 heavy (non-hydrogen) atoms. The van der Waals surface area contributed by atoms with Gasteiger partial charge in [0.15, 0.2) is 0 Å². The summed E-state index contributed by atoms with van der Waals surface area (Å²) < 4.78 is 5.96. The molecule has 1 N–H and O–H groups in total. The van der Waals surface area contributed by atoms with Gasteiger partial charge in [0.25, 0.3) is 0 Å². The number of thiophene rings is 1. The lowest BCUT2D eigenvalue weighted by atomic mass is 9.94. The highest BCUT2D eigenvalue weighted by Gasteiger charge is 2.30. The zero-order valence-corrected chi connectivity index (χ0v) is 13.3. The second-order valence-electron chi connectivity index (χ2n) is 6.14. The third kappa shape index (κ3) is 2.36. The van der Waals surface area contributed by atoms with E-state index < -0.39 is 0 Å². The summed E-state index contributed by atoms with van der Waals surface area (Å²) in [5.74, 6) is 1.04. The maximum absolute atomic E-state index is 5.96. The molecule has 1 unspecified atom stereocenters. The van der Waals surface area contributed by atoms with E-state index in [0.717, 1.165) is 12.2 Å². The third-order valence-corrected chi connectivity index (χ3v) is 4.79. The molecule has 0 saturated heterocycles. The quantitative estimate of drug-likeness (QED) is 0.918. The maximum atomic E-state index is 5.96. The molecule has 1 aliphatic heterocycles. The summed E-state index contributed by atoms with van der Waals surface area (Å²) >= 11 is 1.77. The lowest BCUT2D eigenvalue weighted by molar-refractivity contribution is 0.138. The Bertz CT molecular complexity index is 630. The first-order valence-corrected chi connectivity index (χ1v) is 7.96. The van der Waals surface area contributed by atoms with Crippen LogP contribution in [0.15, 0.2) is 29.0 Å². The molecular formula is C17H21NOS. The number of aryl methyl sites for hydroxylation is 1. The summed E-state index contributed by atoms with van der Waals surface area (Å²) in [4.78, 5) is 0. The van der Waals surface area contributed by atoms with Gasteiger partial charge in [-0.1, -0.05) is 12.1 Å². The number of benzene rings is 1. The number of ether oxygens (including phenoxy) is 1. The van der Waals surface area contributed by atoms with E-state index in [0.29, 0.717) is 0 Å².